The van der Waals surface area contributed by atoms with Gasteiger partial charge in [0.2, 0.25) is 10.0 Å². The lowest BCUT2D eigenvalue weighted by molar-refractivity contribution is 0.402. The summed E-state index contributed by atoms with van der Waals surface area (Å²) in [6.45, 7) is 2.13. The van der Waals surface area contributed by atoms with Gasteiger partial charge in [0.05, 0.1) is 10.1 Å². The van der Waals surface area contributed by atoms with Gasteiger partial charge in [-0.1, -0.05) is 11.6 Å². The van der Waals surface area contributed by atoms with Gasteiger partial charge in [0, 0.05) is 11.4 Å². The first-order valence-corrected chi connectivity index (χ1v) is 8.82. The molecule has 102 valence electrons. The van der Waals surface area contributed by atoms with Crippen molar-refractivity contribution in [1.82, 2.24) is 10.0 Å². The first-order valence-electron chi connectivity index (χ1n) is 5.97. The molecule has 0 saturated carbocycles. The van der Waals surface area contributed by atoms with Crippen molar-refractivity contribution in [1.29, 1.82) is 0 Å². The summed E-state index contributed by atoms with van der Waals surface area (Å²) < 4.78 is 27.1. The molecule has 1 aromatic heterocycles. The molecule has 0 spiro atoms. The molecule has 0 amide bonds. The van der Waals surface area contributed by atoms with Gasteiger partial charge < -0.3 is 5.32 Å². The van der Waals surface area contributed by atoms with E-state index in [0.29, 0.717) is 10.9 Å². The van der Waals surface area contributed by atoms with Crippen LogP contribution in [0.2, 0.25) is 4.34 Å². The quantitative estimate of drug-likeness (QED) is 0.872. The van der Waals surface area contributed by atoms with Crippen LogP contribution in [-0.4, -0.2) is 27.3 Å². The second kappa shape index (κ2) is 6.34. The first kappa shape index (κ1) is 14.3. The largest absolute Gasteiger partial charge is 0.316 e. The van der Waals surface area contributed by atoms with Crippen LogP contribution < -0.4 is 10.0 Å². The smallest absolute Gasteiger partial charge is 0.212 e. The monoisotopic (exact) mass is 308 g/mol. The molecule has 0 aromatic carbocycles. The maximum atomic E-state index is 11.9. The van der Waals surface area contributed by atoms with Crippen LogP contribution in [0, 0.1) is 5.92 Å². The number of piperidine rings is 1. The molecule has 7 heteroatoms. The molecule has 2 rings (SSSR count). The molecule has 1 saturated heterocycles. The zero-order chi connectivity index (χ0) is 13.0. The second-order valence-electron chi connectivity index (χ2n) is 4.52. The summed E-state index contributed by atoms with van der Waals surface area (Å²) in [6.07, 6.45) is 2.04. The molecule has 1 unspecified atom stereocenters. The number of sulfonamides is 1. The van der Waals surface area contributed by atoms with Crippen LogP contribution in [0.4, 0.5) is 0 Å². The topological polar surface area (TPSA) is 58.2 Å². The highest BCUT2D eigenvalue weighted by Crippen LogP contribution is 2.21. The molecule has 2 N–H and O–H groups in total. The average Bonchev–Trinajstić information content (AvgIpc) is 2.74. The number of nitrogens with one attached hydrogen (secondary N) is 2. The Morgan fingerprint density at radius 3 is 2.94 bits per heavy atom. The molecule has 0 aliphatic carbocycles. The summed E-state index contributed by atoms with van der Waals surface area (Å²) in [5.41, 5.74) is 0. The highest BCUT2D eigenvalue weighted by molar-refractivity contribution is 7.89. The standard InChI is InChI=1S/C11H17ClN2O2S2/c12-11-4-3-10(17-11)7-14-18(15,16)8-9-2-1-5-13-6-9/h3-4,9,13-14H,1-2,5-8H2. The maximum absolute atomic E-state index is 11.9. The normalized spacial score (nSPS) is 21.1. The SMILES string of the molecule is O=S(=O)(CC1CCCNC1)NCc1ccc(Cl)s1. The highest BCUT2D eigenvalue weighted by Gasteiger charge is 2.20. The first-order chi connectivity index (χ1) is 8.55. The molecule has 1 aromatic rings. The summed E-state index contributed by atoms with van der Waals surface area (Å²) >= 11 is 7.20. The van der Waals surface area contributed by atoms with Crippen molar-refractivity contribution in [2.45, 2.75) is 19.4 Å². The maximum Gasteiger partial charge on any atom is 0.212 e. The third-order valence-electron chi connectivity index (χ3n) is 2.95. The van der Waals surface area contributed by atoms with Gasteiger partial charge in [-0.05, 0) is 44.0 Å². The lowest BCUT2D eigenvalue weighted by Gasteiger charge is -2.22. The number of thiophene rings is 1. The predicted octanol–water partition coefficient (Wildman–Crippen LogP) is 1.82. The molecule has 0 radical (unpaired) electrons. The second-order valence-corrected chi connectivity index (χ2v) is 8.17. The van der Waals surface area contributed by atoms with E-state index in [-0.39, 0.29) is 11.7 Å². The van der Waals surface area contributed by atoms with Crippen LogP contribution in [0.5, 0.6) is 0 Å². The zero-order valence-corrected chi connectivity index (χ0v) is 12.4. The fourth-order valence-corrected chi connectivity index (χ4v) is 4.58. The Balaban J connectivity index is 1.83. The van der Waals surface area contributed by atoms with E-state index in [9.17, 15) is 8.42 Å². The van der Waals surface area contributed by atoms with Crippen LogP contribution in [0.1, 0.15) is 17.7 Å². The molecule has 4 nitrogen and oxygen atoms in total. The summed E-state index contributed by atoms with van der Waals surface area (Å²) in [5, 5.41) is 3.23. The Morgan fingerprint density at radius 2 is 2.33 bits per heavy atom. The van der Waals surface area contributed by atoms with Crippen LogP contribution in [0.15, 0.2) is 12.1 Å². The molecular weight excluding hydrogens is 292 g/mol. The van der Waals surface area contributed by atoms with Crippen molar-refractivity contribution in [3.05, 3.63) is 21.3 Å². The van der Waals surface area contributed by atoms with Crippen LogP contribution in [0.3, 0.4) is 0 Å². The van der Waals surface area contributed by atoms with Crippen molar-refractivity contribution in [3.63, 3.8) is 0 Å². The fourth-order valence-electron chi connectivity index (χ4n) is 2.06. The van der Waals surface area contributed by atoms with Gasteiger partial charge >= 0.3 is 0 Å². The Labute approximate surface area is 117 Å². The van der Waals surface area contributed by atoms with Crippen LogP contribution in [0.25, 0.3) is 0 Å². The lowest BCUT2D eigenvalue weighted by atomic mass is 10.0. The molecule has 0 bridgehead atoms. The van der Waals surface area contributed by atoms with E-state index in [1.165, 1.54) is 11.3 Å². The van der Waals surface area contributed by atoms with Crippen molar-refractivity contribution >= 4 is 33.0 Å². The minimum atomic E-state index is -3.20. The minimum Gasteiger partial charge on any atom is -0.316 e. The van der Waals surface area contributed by atoms with E-state index in [1.807, 2.05) is 6.07 Å². The van der Waals surface area contributed by atoms with Gasteiger partial charge in [-0.3, -0.25) is 0 Å². The van der Waals surface area contributed by atoms with Gasteiger partial charge in [0.15, 0.2) is 0 Å². The molecule has 1 atom stereocenters. The zero-order valence-electron chi connectivity index (χ0n) is 9.99. The number of rotatable bonds is 5. The summed E-state index contributed by atoms with van der Waals surface area (Å²) in [6, 6.07) is 3.62. The number of hydrogen-bond donors (Lipinski definition) is 2. The molecular formula is C11H17ClN2O2S2. The lowest BCUT2D eigenvalue weighted by Crippen LogP contribution is -2.37. The van der Waals surface area contributed by atoms with Crippen LogP contribution in [-0.2, 0) is 16.6 Å². The molecule has 1 fully saturated rings. The third kappa shape index (κ3) is 4.51. The van der Waals surface area contributed by atoms with E-state index in [2.05, 4.69) is 10.0 Å². The van der Waals surface area contributed by atoms with Gasteiger partial charge in [0.25, 0.3) is 0 Å². The number of hydrogen-bond acceptors (Lipinski definition) is 4. The van der Waals surface area contributed by atoms with Gasteiger partial charge in [-0.15, -0.1) is 11.3 Å². The average molecular weight is 309 g/mol. The van der Waals surface area contributed by atoms with Crippen molar-refractivity contribution in [2.24, 2.45) is 5.92 Å². The summed E-state index contributed by atoms with van der Waals surface area (Å²) in [5.74, 6) is 0.433. The van der Waals surface area contributed by atoms with Gasteiger partial charge in [-0.2, -0.15) is 0 Å². The minimum absolute atomic E-state index is 0.207. The fraction of sp³-hybridized carbons (Fsp3) is 0.636. The van der Waals surface area contributed by atoms with Crippen molar-refractivity contribution in [2.75, 3.05) is 18.8 Å². The van der Waals surface area contributed by atoms with Crippen LogP contribution >= 0.6 is 22.9 Å². The van der Waals surface area contributed by atoms with Crippen molar-refractivity contribution in [3.8, 4) is 0 Å². The molecule has 1 aliphatic heterocycles. The van der Waals surface area contributed by atoms with E-state index < -0.39 is 10.0 Å². The van der Waals surface area contributed by atoms with E-state index in [1.54, 1.807) is 6.07 Å². The van der Waals surface area contributed by atoms with E-state index in [4.69, 9.17) is 11.6 Å². The summed E-state index contributed by atoms with van der Waals surface area (Å²) in [4.78, 5) is 0.936. The van der Waals surface area contributed by atoms with Gasteiger partial charge in [0.1, 0.15) is 0 Å². The number of halogens is 1. The Kier molecular flexibility index (Phi) is 5.03. The predicted molar refractivity (Wildman–Crippen MR) is 75.5 cm³/mol. The Hall–Kier alpha value is -0.140. The van der Waals surface area contributed by atoms with Crippen molar-refractivity contribution < 1.29 is 8.42 Å². The van der Waals surface area contributed by atoms with Gasteiger partial charge in [-0.25, -0.2) is 13.1 Å². The molecule has 18 heavy (non-hydrogen) atoms. The van der Waals surface area contributed by atoms with E-state index >= 15 is 0 Å². The molecule has 1 aliphatic rings. The summed E-state index contributed by atoms with van der Waals surface area (Å²) in [7, 11) is -3.20. The third-order valence-corrected chi connectivity index (χ3v) is 5.67. The Bertz CT molecular complexity index is 481. The Morgan fingerprint density at radius 1 is 1.50 bits per heavy atom. The highest BCUT2D eigenvalue weighted by atomic mass is 35.5. The molecule has 2 heterocycles. The van der Waals surface area contributed by atoms with E-state index in [0.717, 1.165) is 30.8 Å².